The molecule has 162 valence electrons. The van der Waals surface area contributed by atoms with Crippen molar-refractivity contribution in [1.29, 1.82) is 0 Å². The van der Waals surface area contributed by atoms with E-state index in [0.29, 0.717) is 0 Å². The van der Waals surface area contributed by atoms with Crippen molar-refractivity contribution in [3.8, 4) is 5.69 Å². The van der Waals surface area contributed by atoms with E-state index < -0.39 is 8.07 Å². The zero-order chi connectivity index (χ0) is 22.6. The highest BCUT2D eigenvalue weighted by molar-refractivity contribution is 6.84. The second-order valence-electron chi connectivity index (χ2n) is 10.2. The van der Waals surface area contributed by atoms with Crippen LogP contribution in [0.4, 0.5) is 0 Å². The number of likely N-dealkylation sites (N-methyl/N-ethyl adjacent to an activating group) is 1. The third-order valence-electron chi connectivity index (χ3n) is 6.81. The lowest BCUT2D eigenvalue weighted by molar-refractivity contribution is 0.385. The molecule has 1 aliphatic heterocycles. The Balaban J connectivity index is 1.72. The molecule has 2 heterocycles. The van der Waals surface area contributed by atoms with Crippen molar-refractivity contribution < 1.29 is 0 Å². The van der Waals surface area contributed by atoms with E-state index in [1.807, 2.05) is 0 Å². The number of hydrogen-bond acceptors (Lipinski definition) is 1. The van der Waals surface area contributed by atoms with Crippen molar-refractivity contribution in [2.45, 2.75) is 39.5 Å². The van der Waals surface area contributed by atoms with Gasteiger partial charge in [0, 0.05) is 23.5 Å². The number of hydrogen-bond donors (Lipinski definition) is 0. The average Bonchev–Trinajstić information content (AvgIpc) is 3.07. The lowest BCUT2D eigenvalue weighted by atomic mass is 9.94. The van der Waals surface area contributed by atoms with E-state index in [2.05, 4.69) is 129 Å². The summed E-state index contributed by atoms with van der Waals surface area (Å²) in [5.74, 6) is 0. The Morgan fingerprint density at radius 1 is 0.781 bits per heavy atom. The maximum absolute atomic E-state index is 2.47. The molecular formula is C29H32N2Si. The first-order chi connectivity index (χ1) is 15.3. The number of aryl methyl sites for hydroxylation is 1. The molecule has 1 atom stereocenters. The van der Waals surface area contributed by atoms with E-state index in [4.69, 9.17) is 0 Å². The molecule has 1 aromatic heterocycles. The summed E-state index contributed by atoms with van der Waals surface area (Å²) in [4.78, 5) is 2.41. The third-order valence-corrected chi connectivity index (χ3v) is 8.95. The molecule has 0 amide bonds. The van der Waals surface area contributed by atoms with Gasteiger partial charge in [-0.15, -0.1) is 0 Å². The quantitative estimate of drug-likeness (QED) is 0.298. The number of para-hydroxylation sites is 2. The van der Waals surface area contributed by atoms with Gasteiger partial charge in [0.2, 0.25) is 0 Å². The molecule has 0 aliphatic carbocycles. The van der Waals surface area contributed by atoms with Crippen LogP contribution in [0.2, 0.25) is 19.6 Å². The zero-order valence-electron chi connectivity index (χ0n) is 20.0. The highest BCUT2D eigenvalue weighted by Gasteiger charge is 2.28. The Morgan fingerprint density at radius 3 is 2.19 bits per heavy atom. The van der Waals surface area contributed by atoms with E-state index >= 15 is 0 Å². The molecule has 0 bridgehead atoms. The second kappa shape index (κ2) is 7.53. The summed E-state index contributed by atoms with van der Waals surface area (Å²) in [7, 11) is 0.855. The van der Waals surface area contributed by atoms with Crippen LogP contribution < -0.4 is 0 Å². The lowest BCUT2D eigenvalue weighted by Crippen LogP contribution is -2.31. The summed E-state index contributed by atoms with van der Waals surface area (Å²) in [6.45, 7) is 11.8. The molecule has 3 heteroatoms. The number of nitrogens with zero attached hydrogens (tertiary/aromatic N) is 2. The SMILES string of the molecule is CC1=CC(c2cc3c4ccccc4n(-c4ccccc4)c3cc2C)N(C)C=C1[Si](C)(C)C. The average molecular weight is 437 g/mol. The standard InChI is InChI=1S/C29H32N2Si/c1-20-16-28-25(18-24(20)27-17-21(2)29(19-30(27)3)32(4,5)6)23-14-10-11-15-26(23)31(28)22-12-8-7-9-13-22/h7-19,27H,1-6H3. The molecule has 32 heavy (non-hydrogen) atoms. The summed E-state index contributed by atoms with van der Waals surface area (Å²) in [5.41, 5.74) is 7.91. The molecule has 0 fully saturated rings. The minimum atomic E-state index is -1.37. The van der Waals surface area contributed by atoms with Gasteiger partial charge >= 0.3 is 0 Å². The summed E-state index contributed by atoms with van der Waals surface area (Å²) in [5, 5.41) is 4.19. The molecule has 5 rings (SSSR count). The van der Waals surface area contributed by atoms with Crippen LogP contribution in [0.25, 0.3) is 27.5 Å². The van der Waals surface area contributed by atoms with Gasteiger partial charge < -0.3 is 9.47 Å². The molecule has 3 aromatic carbocycles. The first-order valence-corrected chi connectivity index (χ1v) is 15.0. The van der Waals surface area contributed by atoms with Crippen molar-refractivity contribution >= 4 is 29.9 Å². The molecule has 0 spiro atoms. The van der Waals surface area contributed by atoms with E-state index in [0.717, 1.165) is 0 Å². The molecular weight excluding hydrogens is 404 g/mol. The minimum Gasteiger partial charge on any atom is -0.370 e. The highest BCUT2D eigenvalue weighted by Crippen LogP contribution is 2.39. The minimum absolute atomic E-state index is 0.262. The van der Waals surface area contributed by atoms with Gasteiger partial charge in [-0.25, -0.2) is 0 Å². The summed E-state index contributed by atoms with van der Waals surface area (Å²) in [6, 6.07) is 24.6. The van der Waals surface area contributed by atoms with Crippen molar-refractivity contribution in [2.75, 3.05) is 7.05 Å². The number of benzene rings is 3. The normalized spacial score (nSPS) is 17.1. The molecule has 0 radical (unpaired) electrons. The number of allylic oxidation sites excluding steroid dienone is 2. The van der Waals surface area contributed by atoms with Gasteiger partial charge in [0.15, 0.2) is 0 Å². The Kier molecular flexibility index (Phi) is 4.90. The molecule has 1 unspecified atom stereocenters. The molecule has 0 saturated carbocycles. The summed E-state index contributed by atoms with van der Waals surface area (Å²) >= 11 is 0. The van der Waals surface area contributed by atoms with E-state index in [9.17, 15) is 0 Å². The molecule has 4 aromatic rings. The largest absolute Gasteiger partial charge is 0.370 e. The van der Waals surface area contributed by atoms with Crippen molar-refractivity contribution in [3.63, 3.8) is 0 Å². The van der Waals surface area contributed by atoms with Gasteiger partial charge in [0.1, 0.15) is 0 Å². The van der Waals surface area contributed by atoms with Crippen molar-refractivity contribution in [2.24, 2.45) is 0 Å². The zero-order valence-corrected chi connectivity index (χ0v) is 21.0. The third kappa shape index (κ3) is 3.32. The maximum Gasteiger partial charge on any atom is 0.0798 e. The van der Waals surface area contributed by atoms with Gasteiger partial charge in [-0.3, -0.25) is 0 Å². The Morgan fingerprint density at radius 2 is 1.47 bits per heavy atom. The van der Waals surface area contributed by atoms with Crippen LogP contribution >= 0.6 is 0 Å². The lowest BCUT2D eigenvalue weighted by Gasteiger charge is -2.35. The number of aromatic nitrogens is 1. The fraction of sp³-hybridized carbons (Fsp3) is 0.241. The Bertz CT molecular complexity index is 1380. The Labute approximate surface area is 192 Å². The summed E-state index contributed by atoms with van der Waals surface area (Å²) < 4.78 is 2.40. The fourth-order valence-electron chi connectivity index (χ4n) is 5.23. The van der Waals surface area contributed by atoms with Crippen LogP contribution in [0.3, 0.4) is 0 Å². The monoisotopic (exact) mass is 436 g/mol. The smallest absolute Gasteiger partial charge is 0.0798 e. The van der Waals surface area contributed by atoms with Gasteiger partial charge in [0.05, 0.1) is 25.1 Å². The van der Waals surface area contributed by atoms with Crippen LogP contribution in [0.5, 0.6) is 0 Å². The molecule has 0 saturated heterocycles. The van der Waals surface area contributed by atoms with Crippen LogP contribution in [0, 0.1) is 6.92 Å². The predicted molar refractivity (Wildman–Crippen MR) is 141 cm³/mol. The first-order valence-electron chi connectivity index (χ1n) is 11.5. The molecule has 2 nitrogen and oxygen atoms in total. The first kappa shape index (κ1) is 20.8. The van der Waals surface area contributed by atoms with Crippen LogP contribution in [0.1, 0.15) is 24.1 Å². The fourth-order valence-corrected chi connectivity index (χ4v) is 7.09. The maximum atomic E-state index is 2.47. The molecule has 1 aliphatic rings. The van der Waals surface area contributed by atoms with Gasteiger partial charge in [-0.1, -0.05) is 67.7 Å². The number of fused-ring (bicyclic) bond motifs is 3. The van der Waals surface area contributed by atoms with Crippen LogP contribution in [0.15, 0.2) is 89.8 Å². The Hall–Kier alpha value is -3.04. The van der Waals surface area contributed by atoms with E-state index in [-0.39, 0.29) is 6.04 Å². The number of rotatable bonds is 3. The van der Waals surface area contributed by atoms with Crippen LogP contribution in [-0.4, -0.2) is 24.6 Å². The van der Waals surface area contributed by atoms with E-state index in [1.165, 1.54) is 44.2 Å². The van der Waals surface area contributed by atoms with Crippen LogP contribution in [-0.2, 0) is 0 Å². The highest BCUT2D eigenvalue weighted by atomic mass is 28.3. The predicted octanol–water partition coefficient (Wildman–Crippen LogP) is 7.79. The van der Waals surface area contributed by atoms with E-state index in [1.54, 1.807) is 5.20 Å². The molecule has 0 N–H and O–H groups in total. The van der Waals surface area contributed by atoms with Gasteiger partial charge in [-0.05, 0) is 66.7 Å². The van der Waals surface area contributed by atoms with Crippen molar-refractivity contribution in [3.05, 3.63) is 101 Å². The second-order valence-corrected chi connectivity index (χ2v) is 15.2. The topological polar surface area (TPSA) is 8.17 Å². The van der Waals surface area contributed by atoms with Gasteiger partial charge in [0.25, 0.3) is 0 Å². The summed E-state index contributed by atoms with van der Waals surface area (Å²) in [6.07, 6.45) is 4.88. The van der Waals surface area contributed by atoms with Gasteiger partial charge in [-0.2, -0.15) is 0 Å². The van der Waals surface area contributed by atoms with Crippen molar-refractivity contribution in [1.82, 2.24) is 9.47 Å².